The summed E-state index contributed by atoms with van der Waals surface area (Å²) in [5, 5.41) is 1.72. The Balaban J connectivity index is 2.23. The molecular formula is C17H13ClN6O. The Morgan fingerprint density at radius 1 is 1.20 bits per heavy atom. The Labute approximate surface area is 147 Å². The number of pyridine rings is 1. The first kappa shape index (κ1) is 15.3. The van der Waals surface area contributed by atoms with Crippen LogP contribution in [-0.4, -0.2) is 25.4 Å². The van der Waals surface area contributed by atoms with E-state index < -0.39 is 5.91 Å². The molecule has 0 saturated heterocycles. The van der Waals surface area contributed by atoms with Crippen molar-refractivity contribution in [2.75, 3.05) is 5.73 Å². The zero-order valence-corrected chi connectivity index (χ0v) is 13.9. The largest absolute Gasteiger partial charge is 0.384 e. The van der Waals surface area contributed by atoms with Crippen molar-refractivity contribution in [1.29, 1.82) is 0 Å². The highest BCUT2D eigenvalue weighted by Gasteiger charge is 2.24. The Morgan fingerprint density at radius 3 is 2.76 bits per heavy atom. The van der Waals surface area contributed by atoms with Crippen LogP contribution in [0.5, 0.6) is 0 Å². The van der Waals surface area contributed by atoms with Crippen LogP contribution in [0.4, 0.5) is 5.82 Å². The summed E-state index contributed by atoms with van der Waals surface area (Å²) in [6.45, 7) is 1.75. The second kappa shape index (κ2) is 5.42. The SMILES string of the molecule is Cc1ncc2c(C(N)=O)c(N)n(-c3c(Cl)ccc4ncccc34)c2n1. The molecule has 0 bridgehead atoms. The van der Waals surface area contributed by atoms with Crippen LogP contribution in [0.1, 0.15) is 16.2 Å². The zero-order chi connectivity index (χ0) is 17.7. The number of primary amides is 1. The van der Waals surface area contributed by atoms with Crippen molar-refractivity contribution in [3.8, 4) is 5.69 Å². The molecule has 8 heteroatoms. The fourth-order valence-electron chi connectivity index (χ4n) is 2.99. The summed E-state index contributed by atoms with van der Waals surface area (Å²) in [5.74, 6) is 0.0561. The molecule has 0 aliphatic carbocycles. The molecule has 0 aliphatic heterocycles. The molecule has 0 fully saturated rings. The van der Waals surface area contributed by atoms with Gasteiger partial charge >= 0.3 is 0 Å². The number of hydrogen-bond donors (Lipinski definition) is 2. The summed E-state index contributed by atoms with van der Waals surface area (Å²) in [4.78, 5) is 24.9. The van der Waals surface area contributed by atoms with E-state index in [0.29, 0.717) is 27.6 Å². The van der Waals surface area contributed by atoms with E-state index in [2.05, 4.69) is 15.0 Å². The molecule has 0 aliphatic rings. The number of carbonyl (C=O) groups excluding carboxylic acids is 1. The highest BCUT2D eigenvalue weighted by atomic mass is 35.5. The molecule has 25 heavy (non-hydrogen) atoms. The minimum absolute atomic E-state index is 0.167. The number of aromatic nitrogens is 4. The number of fused-ring (bicyclic) bond motifs is 2. The number of benzene rings is 1. The van der Waals surface area contributed by atoms with Crippen LogP contribution in [0.2, 0.25) is 5.02 Å². The van der Waals surface area contributed by atoms with Gasteiger partial charge in [-0.05, 0) is 31.2 Å². The second-order valence-corrected chi connectivity index (χ2v) is 5.99. The predicted octanol–water partition coefficient (Wildman–Crippen LogP) is 2.61. The molecule has 1 amide bonds. The number of rotatable bonds is 2. The normalized spacial score (nSPS) is 11.3. The fraction of sp³-hybridized carbons (Fsp3) is 0.0588. The second-order valence-electron chi connectivity index (χ2n) is 5.58. The molecule has 7 nitrogen and oxygen atoms in total. The molecule has 4 aromatic rings. The maximum Gasteiger partial charge on any atom is 0.253 e. The van der Waals surface area contributed by atoms with E-state index in [1.807, 2.05) is 12.1 Å². The van der Waals surface area contributed by atoms with Crippen molar-refractivity contribution in [2.45, 2.75) is 6.92 Å². The zero-order valence-electron chi connectivity index (χ0n) is 13.2. The average Bonchev–Trinajstić information content (AvgIpc) is 2.86. The summed E-state index contributed by atoms with van der Waals surface area (Å²) in [6, 6.07) is 7.24. The van der Waals surface area contributed by atoms with Crippen LogP contribution in [0.15, 0.2) is 36.7 Å². The Kier molecular flexibility index (Phi) is 3.33. The highest BCUT2D eigenvalue weighted by Crippen LogP contribution is 2.36. The van der Waals surface area contributed by atoms with Crippen LogP contribution < -0.4 is 11.5 Å². The minimum atomic E-state index is -0.650. The first-order valence-corrected chi connectivity index (χ1v) is 7.83. The molecule has 4 N–H and O–H groups in total. The third-order valence-electron chi connectivity index (χ3n) is 4.04. The summed E-state index contributed by atoms with van der Waals surface area (Å²) < 4.78 is 1.64. The number of nitrogens with two attached hydrogens (primary N) is 2. The molecule has 3 aromatic heterocycles. The van der Waals surface area contributed by atoms with Gasteiger partial charge < -0.3 is 11.5 Å². The van der Waals surface area contributed by atoms with Gasteiger partial charge in [0.2, 0.25) is 0 Å². The number of hydrogen-bond acceptors (Lipinski definition) is 5. The van der Waals surface area contributed by atoms with Gasteiger partial charge in [-0.3, -0.25) is 14.3 Å². The molecule has 4 rings (SSSR count). The molecule has 0 saturated carbocycles. The van der Waals surface area contributed by atoms with Crippen LogP contribution >= 0.6 is 11.6 Å². The van der Waals surface area contributed by atoms with E-state index in [4.69, 9.17) is 23.1 Å². The first-order chi connectivity index (χ1) is 12.0. The maximum absolute atomic E-state index is 11.9. The number of nitrogens with zero attached hydrogens (tertiary/aromatic N) is 4. The molecule has 1 aromatic carbocycles. The summed E-state index contributed by atoms with van der Waals surface area (Å²) >= 11 is 6.47. The third-order valence-corrected chi connectivity index (χ3v) is 4.35. The van der Waals surface area contributed by atoms with Gasteiger partial charge in [-0.1, -0.05) is 11.6 Å². The number of amides is 1. The fourth-order valence-corrected chi connectivity index (χ4v) is 3.24. The highest BCUT2D eigenvalue weighted by molar-refractivity contribution is 6.34. The number of carbonyl (C=O) groups is 1. The molecular weight excluding hydrogens is 340 g/mol. The summed E-state index contributed by atoms with van der Waals surface area (Å²) in [7, 11) is 0. The number of anilines is 1. The topological polar surface area (TPSA) is 113 Å². The van der Waals surface area contributed by atoms with Gasteiger partial charge in [0, 0.05) is 17.8 Å². The predicted molar refractivity (Wildman–Crippen MR) is 96.8 cm³/mol. The molecule has 3 heterocycles. The van der Waals surface area contributed by atoms with Crippen LogP contribution in [0, 0.1) is 6.92 Å². The average molecular weight is 353 g/mol. The van der Waals surface area contributed by atoms with Crippen LogP contribution in [-0.2, 0) is 0 Å². The maximum atomic E-state index is 11.9. The Hall–Kier alpha value is -3.19. The van der Waals surface area contributed by atoms with Crippen molar-refractivity contribution in [2.24, 2.45) is 5.73 Å². The van der Waals surface area contributed by atoms with Gasteiger partial charge in [-0.15, -0.1) is 0 Å². The van der Waals surface area contributed by atoms with Crippen molar-refractivity contribution in [1.82, 2.24) is 19.5 Å². The van der Waals surface area contributed by atoms with Gasteiger partial charge in [0.1, 0.15) is 11.6 Å². The summed E-state index contributed by atoms with van der Waals surface area (Å²) in [6.07, 6.45) is 3.24. The van der Waals surface area contributed by atoms with E-state index in [1.165, 1.54) is 0 Å². The Bertz CT molecular complexity index is 1170. The van der Waals surface area contributed by atoms with Crippen LogP contribution in [0.3, 0.4) is 0 Å². The van der Waals surface area contributed by atoms with E-state index in [-0.39, 0.29) is 11.4 Å². The third kappa shape index (κ3) is 2.20. The van der Waals surface area contributed by atoms with E-state index >= 15 is 0 Å². The lowest BCUT2D eigenvalue weighted by atomic mass is 10.1. The van der Waals surface area contributed by atoms with Crippen molar-refractivity contribution in [3.63, 3.8) is 0 Å². The lowest BCUT2D eigenvalue weighted by Crippen LogP contribution is -2.13. The number of aryl methyl sites for hydroxylation is 1. The standard InChI is InChI=1S/C17H13ClN6O/c1-8-22-7-10-13(16(20)25)15(19)24(17(10)23-8)14-9-3-2-6-21-12(9)5-4-11(14)18/h2-7H,19H2,1H3,(H2,20,25). The molecule has 0 atom stereocenters. The molecule has 0 radical (unpaired) electrons. The number of halogens is 1. The van der Waals surface area contributed by atoms with Crippen molar-refractivity contribution < 1.29 is 4.79 Å². The first-order valence-electron chi connectivity index (χ1n) is 7.46. The van der Waals surface area contributed by atoms with E-state index in [1.54, 1.807) is 36.0 Å². The smallest absolute Gasteiger partial charge is 0.253 e. The van der Waals surface area contributed by atoms with Gasteiger partial charge in [-0.25, -0.2) is 9.97 Å². The molecule has 124 valence electrons. The van der Waals surface area contributed by atoms with Crippen molar-refractivity contribution >= 4 is 45.3 Å². The monoisotopic (exact) mass is 352 g/mol. The molecule has 0 spiro atoms. The van der Waals surface area contributed by atoms with Gasteiger partial charge in [0.05, 0.1) is 27.2 Å². The van der Waals surface area contributed by atoms with Gasteiger partial charge in [-0.2, -0.15) is 0 Å². The van der Waals surface area contributed by atoms with Gasteiger partial charge in [0.15, 0.2) is 5.65 Å². The summed E-state index contributed by atoms with van der Waals surface area (Å²) in [5.41, 5.74) is 13.8. The Morgan fingerprint density at radius 2 is 2.00 bits per heavy atom. The van der Waals surface area contributed by atoms with Gasteiger partial charge in [0.25, 0.3) is 5.91 Å². The number of nitrogen functional groups attached to an aromatic ring is 1. The minimum Gasteiger partial charge on any atom is -0.384 e. The van der Waals surface area contributed by atoms with Crippen molar-refractivity contribution in [3.05, 3.63) is 53.1 Å². The quantitative estimate of drug-likeness (QED) is 0.575. The lowest BCUT2D eigenvalue weighted by molar-refractivity contribution is 0.100. The van der Waals surface area contributed by atoms with E-state index in [9.17, 15) is 4.79 Å². The van der Waals surface area contributed by atoms with E-state index in [0.717, 1.165) is 10.9 Å². The van der Waals surface area contributed by atoms with Crippen LogP contribution in [0.25, 0.3) is 27.6 Å². The lowest BCUT2D eigenvalue weighted by Gasteiger charge is -2.13. The molecule has 0 unspecified atom stereocenters.